The van der Waals surface area contributed by atoms with Crippen LogP contribution in [0.15, 0.2) is 16.7 Å². The predicted molar refractivity (Wildman–Crippen MR) is 79.6 cm³/mol. The molecule has 0 unspecified atom stereocenters. The van der Waals surface area contributed by atoms with Crippen molar-refractivity contribution < 1.29 is 4.79 Å². The zero-order valence-electron chi connectivity index (χ0n) is 11.6. The molecule has 0 aliphatic heterocycles. The van der Waals surface area contributed by atoms with Crippen LogP contribution in [-0.4, -0.2) is 21.3 Å². The van der Waals surface area contributed by atoms with Crippen molar-refractivity contribution in [2.24, 2.45) is 0 Å². The Kier molecular flexibility index (Phi) is 3.94. The number of carbonyl (C=O) groups excluding carboxylic acids is 1. The number of imidazole rings is 1. The molecule has 0 atom stereocenters. The molecule has 5 heteroatoms. The number of rotatable bonds is 3. The molecule has 0 fully saturated rings. The molecule has 0 spiro atoms. The van der Waals surface area contributed by atoms with E-state index < -0.39 is 0 Å². The Hall–Kier alpha value is -1.36. The van der Waals surface area contributed by atoms with E-state index in [1.54, 1.807) is 0 Å². The average Bonchev–Trinajstić information content (AvgIpc) is 2.66. The Balaban J connectivity index is 2.66. The Labute approximate surface area is 121 Å². The van der Waals surface area contributed by atoms with Crippen LogP contribution in [0.2, 0.25) is 0 Å². The second-order valence-electron chi connectivity index (χ2n) is 4.95. The monoisotopic (exact) mass is 323 g/mol. The summed E-state index contributed by atoms with van der Waals surface area (Å²) < 4.78 is 2.78. The molecule has 1 N–H and O–H groups in total. The van der Waals surface area contributed by atoms with E-state index >= 15 is 0 Å². The minimum absolute atomic E-state index is 0.0724. The van der Waals surface area contributed by atoms with Gasteiger partial charge in [0.15, 0.2) is 5.65 Å². The smallest absolute Gasteiger partial charge is 0.270 e. The molecule has 0 saturated heterocycles. The van der Waals surface area contributed by atoms with Gasteiger partial charge in [-0.25, -0.2) is 4.98 Å². The van der Waals surface area contributed by atoms with Crippen LogP contribution >= 0.6 is 15.9 Å². The van der Waals surface area contributed by atoms with E-state index in [1.165, 1.54) is 0 Å². The Morgan fingerprint density at radius 3 is 2.79 bits per heavy atom. The summed E-state index contributed by atoms with van der Waals surface area (Å²) in [6.45, 7) is 7.91. The third kappa shape index (κ3) is 2.66. The first-order valence-electron chi connectivity index (χ1n) is 6.42. The van der Waals surface area contributed by atoms with Gasteiger partial charge in [-0.2, -0.15) is 0 Å². The van der Waals surface area contributed by atoms with Crippen LogP contribution in [0.4, 0.5) is 0 Å². The topological polar surface area (TPSA) is 46.4 Å². The van der Waals surface area contributed by atoms with Crippen molar-refractivity contribution in [3.63, 3.8) is 0 Å². The number of hydrogen-bond acceptors (Lipinski definition) is 2. The van der Waals surface area contributed by atoms with Crippen molar-refractivity contribution in [1.29, 1.82) is 0 Å². The van der Waals surface area contributed by atoms with E-state index in [0.717, 1.165) is 27.8 Å². The maximum Gasteiger partial charge on any atom is 0.270 e. The number of hydrogen-bond donors (Lipinski definition) is 1. The van der Waals surface area contributed by atoms with Crippen LogP contribution in [0, 0.1) is 6.92 Å². The number of nitrogens with zero attached hydrogens (tertiary/aromatic N) is 2. The highest BCUT2D eigenvalue weighted by atomic mass is 79.9. The molecule has 0 aromatic carbocycles. The average molecular weight is 324 g/mol. The standard InChI is InChI=1S/C14H18BrN3O/c1-5-11-12(14(19)16-8(2)3)18-7-9(4)6-10(15)13(18)17-11/h6-8H,5H2,1-4H3,(H,16,19). The molecular weight excluding hydrogens is 306 g/mol. The molecule has 0 aliphatic carbocycles. The van der Waals surface area contributed by atoms with Gasteiger partial charge in [0.1, 0.15) is 5.69 Å². The molecule has 2 aromatic heterocycles. The number of pyridine rings is 1. The lowest BCUT2D eigenvalue weighted by molar-refractivity contribution is 0.0936. The molecule has 0 bridgehead atoms. The molecule has 0 radical (unpaired) electrons. The minimum atomic E-state index is -0.0724. The van der Waals surface area contributed by atoms with Crippen molar-refractivity contribution in [3.05, 3.63) is 33.7 Å². The predicted octanol–water partition coefficient (Wildman–Crippen LogP) is 3.11. The number of fused-ring (bicyclic) bond motifs is 1. The summed E-state index contributed by atoms with van der Waals surface area (Å²) in [5, 5.41) is 2.94. The fourth-order valence-corrected chi connectivity index (χ4v) is 2.74. The third-order valence-electron chi connectivity index (χ3n) is 2.85. The highest BCUT2D eigenvalue weighted by Gasteiger charge is 2.20. The van der Waals surface area contributed by atoms with Gasteiger partial charge in [-0.15, -0.1) is 0 Å². The highest BCUT2D eigenvalue weighted by molar-refractivity contribution is 9.10. The summed E-state index contributed by atoms with van der Waals surface area (Å²) >= 11 is 3.51. The first-order chi connectivity index (χ1) is 8.93. The van der Waals surface area contributed by atoms with E-state index in [1.807, 2.05) is 44.4 Å². The van der Waals surface area contributed by atoms with Crippen molar-refractivity contribution in [2.45, 2.75) is 40.2 Å². The van der Waals surface area contributed by atoms with E-state index in [4.69, 9.17) is 0 Å². The van der Waals surface area contributed by atoms with Gasteiger partial charge in [0.2, 0.25) is 0 Å². The first kappa shape index (κ1) is 14.1. The van der Waals surface area contributed by atoms with Gasteiger partial charge in [0.05, 0.1) is 10.2 Å². The maximum absolute atomic E-state index is 12.3. The molecule has 4 nitrogen and oxygen atoms in total. The molecule has 1 amide bonds. The Bertz CT molecular complexity index is 631. The molecule has 102 valence electrons. The zero-order valence-corrected chi connectivity index (χ0v) is 13.2. The zero-order chi connectivity index (χ0) is 14.2. The number of aromatic nitrogens is 2. The van der Waals surface area contributed by atoms with Crippen molar-refractivity contribution >= 4 is 27.5 Å². The molecular formula is C14H18BrN3O. The van der Waals surface area contributed by atoms with Gasteiger partial charge < -0.3 is 5.32 Å². The second kappa shape index (κ2) is 5.33. The summed E-state index contributed by atoms with van der Waals surface area (Å²) in [6.07, 6.45) is 2.68. The Morgan fingerprint density at radius 1 is 1.53 bits per heavy atom. The van der Waals surface area contributed by atoms with Crippen molar-refractivity contribution in [1.82, 2.24) is 14.7 Å². The third-order valence-corrected chi connectivity index (χ3v) is 3.44. The van der Waals surface area contributed by atoms with Crippen LogP contribution in [-0.2, 0) is 6.42 Å². The fourth-order valence-electron chi connectivity index (χ4n) is 2.10. The van der Waals surface area contributed by atoms with E-state index in [0.29, 0.717) is 5.69 Å². The number of nitrogens with one attached hydrogen (secondary N) is 1. The van der Waals surface area contributed by atoms with Crippen LogP contribution in [0.25, 0.3) is 5.65 Å². The fraction of sp³-hybridized carbons (Fsp3) is 0.429. The van der Waals surface area contributed by atoms with Crippen LogP contribution in [0.5, 0.6) is 0 Å². The Morgan fingerprint density at radius 2 is 2.21 bits per heavy atom. The van der Waals surface area contributed by atoms with Crippen LogP contribution in [0.3, 0.4) is 0 Å². The van der Waals surface area contributed by atoms with E-state index in [-0.39, 0.29) is 11.9 Å². The van der Waals surface area contributed by atoms with Gasteiger partial charge in [-0.3, -0.25) is 9.20 Å². The first-order valence-corrected chi connectivity index (χ1v) is 7.21. The lowest BCUT2D eigenvalue weighted by atomic mass is 10.2. The van der Waals surface area contributed by atoms with Gasteiger partial charge in [0, 0.05) is 12.2 Å². The summed E-state index contributed by atoms with van der Waals surface area (Å²) in [5.41, 5.74) is 3.33. The molecule has 2 rings (SSSR count). The number of amides is 1. The number of halogens is 1. The van der Waals surface area contributed by atoms with Crippen LogP contribution in [0.1, 0.15) is 42.5 Å². The van der Waals surface area contributed by atoms with Gasteiger partial charge in [0.25, 0.3) is 5.91 Å². The van der Waals surface area contributed by atoms with Gasteiger partial charge in [-0.1, -0.05) is 6.92 Å². The molecule has 0 aliphatic rings. The molecule has 0 saturated carbocycles. The largest absolute Gasteiger partial charge is 0.349 e. The number of carbonyl (C=O) groups is 1. The summed E-state index contributed by atoms with van der Waals surface area (Å²) in [5.74, 6) is -0.0724. The minimum Gasteiger partial charge on any atom is -0.349 e. The molecule has 2 heterocycles. The summed E-state index contributed by atoms with van der Waals surface area (Å²) in [7, 11) is 0. The maximum atomic E-state index is 12.3. The van der Waals surface area contributed by atoms with Crippen molar-refractivity contribution in [3.8, 4) is 0 Å². The SMILES string of the molecule is CCc1nc2c(Br)cc(C)cn2c1C(=O)NC(C)C. The van der Waals surface area contributed by atoms with Crippen LogP contribution < -0.4 is 5.32 Å². The van der Waals surface area contributed by atoms with E-state index in [2.05, 4.69) is 26.2 Å². The lowest BCUT2D eigenvalue weighted by Gasteiger charge is -2.09. The lowest BCUT2D eigenvalue weighted by Crippen LogP contribution is -2.31. The number of aryl methyl sites for hydroxylation is 2. The normalized spacial score (nSPS) is 11.3. The van der Waals surface area contributed by atoms with Crippen molar-refractivity contribution in [2.75, 3.05) is 0 Å². The van der Waals surface area contributed by atoms with Gasteiger partial charge in [-0.05, 0) is 54.8 Å². The summed E-state index contributed by atoms with van der Waals surface area (Å²) in [4.78, 5) is 16.9. The quantitative estimate of drug-likeness (QED) is 0.943. The second-order valence-corrected chi connectivity index (χ2v) is 5.80. The molecule has 19 heavy (non-hydrogen) atoms. The van der Waals surface area contributed by atoms with Gasteiger partial charge >= 0.3 is 0 Å². The highest BCUT2D eigenvalue weighted by Crippen LogP contribution is 2.23. The van der Waals surface area contributed by atoms with E-state index in [9.17, 15) is 4.79 Å². The molecule has 2 aromatic rings. The summed E-state index contributed by atoms with van der Waals surface area (Å²) in [6, 6.07) is 2.11.